The highest BCUT2D eigenvalue weighted by atomic mass is 32.7. The molecule has 2 N–H and O–H groups in total. The molecule has 1 aliphatic carbocycles. The van der Waals surface area contributed by atoms with Gasteiger partial charge in [-0.05, 0) is 101 Å². The zero-order valence-electron chi connectivity index (χ0n) is 41.3. The van der Waals surface area contributed by atoms with Gasteiger partial charge in [-0.2, -0.15) is 0 Å². The Labute approximate surface area is 402 Å². The second-order valence-corrected chi connectivity index (χ2v) is 23.9. The lowest BCUT2D eigenvalue weighted by molar-refractivity contribution is -0.266. The standard InChI is InChI=1S/C51H77NO13PS/c1-29-15-12-11-13-16-30(2)40(61-7)27-36-20-18-34(6)51(59,65-36)48(56)49(57)52-22-14-17-37-38(25-35-19-21-43(67-66(10)60)42(26-35)62-8)41(64-50(58)44(37)52)28-39(53)31(3)24-33(5)46(55)47(63-9)45(54)32(4)23-29/h11-13,15-16,24,29,31-32,34-38,40-44,46-47,55,59H,14,17-23,25-28H2,1-10H3/q+1/b13-11+,15-12+,30-16+,33-24+/t29?,31?,32?,34?,35?,36-,37?,38-,40-,41?,42?,43?,44?,46?,47-,51?/m0/s1. The number of carbonyl (C=O) groups is 5. The first-order chi connectivity index (χ1) is 31.7. The van der Waals surface area contributed by atoms with Crippen molar-refractivity contribution in [2.75, 3.05) is 34.5 Å². The van der Waals surface area contributed by atoms with Gasteiger partial charge in [-0.15, -0.1) is 0 Å². The van der Waals surface area contributed by atoms with Crippen LogP contribution in [-0.2, 0) is 52.2 Å². The second kappa shape index (κ2) is 24.8. The van der Waals surface area contributed by atoms with Gasteiger partial charge in [-0.25, -0.2) is 4.79 Å². The van der Waals surface area contributed by atoms with Crippen molar-refractivity contribution in [3.63, 3.8) is 0 Å². The Morgan fingerprint density at radius 3 is 2.30 bits per heavy atom. The number of ether oxygens (including phenoxy) is 5. The predicted octanol–water partition coefficient (Wildman–Crippen LogP) is 7.51. The number of aliphatic hydroxyl groups is 2. The molecule has 13 unspecified atom stereocenters. The molecule has 5 aliphatic rings. The molecule has 0 radical (unpaired) electrons. The largest absolute Gasteiger partial charge is 0.460 e. The van der Waals surface area contributed by atoms with E-state index in [1.807, 2.05) is 51.2 Å². The Balaban J connectivity index is 1.51. The number of hydrogen-bond donors (Lipinski definition) is 2. The van der Waals surface area contributed by atoms with Gasteiger partial charge in [0.1, 0.15) is 48.2 Å². The molecule has 0 aromatic heterocycles. The third kappa shape index (κ3) is 13.5. The highest BCUT2D eigenvalue weighted by molar-refractivity contribution is 8.51. The van der Waals surface area contributed by atoms with Crippen LogP contribution in [0.3, 0.4) is 0 Å². The Bertz CT molecular complexity index is 1920. The van der Waals surface area contributed by atoms with Crippen LogP contribution in [0.1, 0.15) is 112 Å². The maximum atomic E-state index is 14.5. The maximum absolute atomic E-state index is 14.5. The number of aliphatic hydroxyl groups excluding tert-OH is 1. The molecular weight excluding hydrogens is 898 g/mol. The van der Waals surface area contributed by atoms with Crippen LogP contribution >= 0.6 is 18.4 Å². The van der Waals surface area contributed by atoms with Crippen molar-refractivity contribution in [1.29, 1.82) is 0 Å². The van der Waals surface area contributed by atoms with Crippen molar-refractivity contribution in [3.8, 4) is 0 Å². The Morgan fingerprint density at radius 2 is 1.63 bits per heavy atom. The number of fused-ring (bicyclic) bond motifs is 3. The molecule has 67 heavy (non-hydrogen) atoms. The third-order valence-corrected chi connectivity index (χ3v) is 18.0. The molecule has 0 aromatic carbocycles. The summed E-state index contributed by atoms with van der Waals surface area (Å²) in [5.41, 5.74) is 1.28. The predicted molar refractivity (Wildman–Crippen MR) is 257 cm³/mol. The number of carbonyl (C=O) groups excluding carboxylic acids is 5. The normalized spacial score (nSPS) is 42.0. The fraction of sp³-hybridized carbons (Fsp3) is 0.745. The molecule has 17 atom stereocenters. The van der Waals surface area contributed by atoms with Gasteiger partial charge in [0.2, 0.25) is 5.79 Å². The molecular formula is C51H77NO13PS+. The van der Waals surface area contributed by atoms with Gasteiger partial charge in [0.25, 0.3) is 11.7 Å². The van der Waals surface area contributed by atoms with E-state index in [0.717, 1.165) is 18.4 Å². The average molecular weight is 975 g/mol. The van der Waals surface area contributed by atoms with Crippen molar-refractivity contribution in [2.24, 2.45) is 41.4 Å². The zero-order valence-corrected chi connectivity index (χ0v) is 43.0. The van der Waals surface area contributed by atoms with Crippen LogP contribution in [0.25, 0.3) is 0 Å². The SMILES string of the molecule is COC1CC(C[C@@H]2C3CC(=O)C(C)/C=C(\C)C(O)[C@@H](OC)C(=O)C(C)CC(C)/C=C/C=C/C=C(\C)[C@@H](OC)C[C@@H]4CCC(C)C(O)(O4)C(=O)C(=O)N4CCCC2C4C(=O)O3)CCC1S[P+](C)=O. The van der Waals surface area contributed by atoms with E-state index in [4.69, 9.17) is 23.7 Å². The number of rotatable bonds is 7. The molecule has 6 bridgehead atoms. The summed E-state index contributed by atoms with van der Waals surface area (Å²) in [4.78, 5) is 72.5. The van der Waals surface area contributed by atoms with E-state index in [2.05, 4.69) is 0 Å². The fourth-order valence-corrected chi connectivity index (χ4v) is 14.1. The van der Waals surface area contributed by atoms with Crippen molar-refractivity contribution in [3.05, 3.63) is 47.6 Å². The summed E-state index contributed by atoms with van der Waals surface area (Å²) in [6.07, 6.45) is 12.2. The van der Waals surface area contributed by atoms with Crippen LogP contribution in [0.4, 0.5) is 0 Å². The van der Waals surface area contributed by atoms with Crippen LogP contribution in [0.2, 0.25) is 0 Å². The summed E-state index contributed by atoms with van der Waals surface area (Å²) >= 11 is 1.43. The van der Waals surface area contributed by atoms with E-state index in [-0.39, 0.29) is 53.6 Å². The number of allylic oxidation sites excluding steroid dienone is 6. The van der Waals surface area contributed by atoms with Gasteiger partial charge >= 0.3 is 13.0 Å². The maximum Gasteiger partial charge on any atom is 0.407 e. The summed E-state index contributed by atoms with van der Waals surface area (Å²) in [5, 5.41) is 23.6. The van der Waals surface area contributed by atoms with E-state index in [1.165, 1.54) is 23.4 Å². The van der Waals surface area contributed by atoms with Gasteiger partial charge in [-0.1, -0.05) is 68.7 Å². The zero-order chi connectivity index (χ0) is 49.3. The van der Waals surface area contributed by atoms with Crippen LogP contribution < -0.4 is 0 Å². The van der Waals surface area contributed by atoms with E-state index in [0.29, 0.717) is 56.9 Å². The smallest absolute Gasteiger partial charge is 0.407 e. The molecule has 4 aliphatic heterocycles. The number of ketones is 3. The highest BCUT2D eigenvalue weighted by Gasteiger charge is 2.57. The summed E-state index contributed by atoms with van der Waals surface area (Å²) in [6, 6.07) is -1.12. The monoisotopic (exact) mass is 974 g/mol. The first kappa shape index (κ1) is 55.1. The number of esters is 1. The average Bonchev–Trinajstić information content (AvgIpc) is 3.29. The van der Waals surface area contributed by atoms with E-state index >= 15 is 0 Å². The Hall–Kier alpha value is -2.88. The Kier molecular flexibility index (Phi) is 20.4. The van der Waals surface area contributed by atoms with Gasteiger partial charge in [-0.3, -0.25) is 19.2 Å². The summed E-state index contributed by atoms with van der Waals surface area (Å²) < 4.78 is 42.1. The van der Waals surface area contributed by atoms with E-state index in [1.54, 1.807) is 47.7 Å². The molecule has 374 valence electrons. The van der Waals surface area contributed by atoms with E-state index < -0.39 is 90.7 Å². The molecule has 1 amide bonds. The highest BCUT2D eigenvalue weighted by Crippen LogP contribution is 2.49. The Morgan fingerprint density at radius 1 is 0.896 bits per heavy atom. The van der Waals surface area contributed by atoms with Crippen molar-refractivity contribution >= 4 is 47.6 Å². The molecule has 16 heteroatoms. The molecule has 5 rings (SSSR count). The molecule has 4 fully saturated rings. The van der Waals surface area contributed by atoms with E-state index in [9.17, 15) is 38.8 Å². The quantitative estimate of drug-likeness (QED) is 0.110. The lowest BCUT2D eigenvalue weighted by atomic mass is 9.68. The lowest BCUT2D eigenvalue weighted by Crippen LogP contribution is -2.65. The van der Waals surface area contributed by atoms with Gasteiger partial charge in [0.15, 0.2) is 5.78 Å². The first-order valence-electron chi connectivity index (χ1n) is 24.3. The van der Waals surface area contributed by atoms with Crippen molar-refractivity contribution in [2.45, 2.75) is 166 Å². The van der Waals surface area contributed by atoms with Gasteiger partial charge in [0.05, 0.1) is 23.6 Å². The van der Waals surface area contributed by atoms with Crippen LogP contribution in [0, 0.1) is 41.4 Å². The number of methoxy groups -OCH3 is 3. The molecule has 14 nitrogen and oxygen atoms in total. The minimum Gasteiger partial charge on any atom is -0.460 e. The molecule has 0 spiro atoms. The minimum atomic E-state index is -2.44. The first-order valence-corrected chi connectivity index (χ1v) is 27.5. The van der Waals surface area contributed by atoms with Crippen molar-refractivity contribution < 1.29 is 62.4 Å². The van der Waals surface area contributed by atoms with Gasteiger partial charge < -0.3 is 38.8 Å². The van der Waals surface area contributed by atoms with Gasteiger partial charge in [0, 0.05) is 64.4 Å². The number of amides is 1. The lowest BCUT2D eigenvalue weighted by Gasteiger charge is -2.50. The topological polar surface area (TPSA) is 192 Å². The van der Waals surface area contributed by atoms with Crippen LogP contribution in [-0.4, -0.2) is 133 Å². The summed E-state index contributed by atoms with van der Waals surface area (Å²) in [6.45, 7) is 12.6. The molecule has 3 saturated heterocycles. The summed E-state index contributed by atoms with van der Waals surface area (Å²) in [7, 11) is 3.17. The van der Waals surface area contributed by atoms with Crippen LogP contribution in [0.15, 0.2) is 47.6 Å². The molecule has 1 saturated carbocycles. The number of Topliss-reactive ketones (excluding diaryl/α,β-unsaturated/α-hetero) is 3. The van der Waals surface area contributed by atoms with Crippen LogP contribution in [0.5, 0.6) is 0 Å². The number of nitrogens with zero attached hydrogens (tertiary/aromatic N) is 1. The third-order valence-electron chi connectivity index (χ3n) is 15.2. The number of hydrogen-bond acceptors (Lipinski definition) is 14. The summed E-state index contributed by atoms with van der Waals surface area (Å²) in [5.74, 6) is -8.36. The molecule has 0 aromatic rings. The fourth-order valence-electron chi connectivity index (χ4n) is 11.2. The van der Waals surface area contributed by atoms with Crippen molar-refractivity contribution in [1.82, 2.24) is 4.90 Å². The second-order valence-electron chi connectivity index (χ2n) is 20.0. The molecule has 4 heterocycles. The minimum absolute atomic E-state index is 0.0210. The number of piperidine rings is 1.